The molecule has 0 heterocycles. The molecule has 0 atom stereocenters. The van der Waals surface area contributed by atoms with Gasteiger partial charge in [-0.3, -0.25) is 0 Å². The van der Waals surface area contributed by atoms with Gasteiger partial charge in [0.15, 0.2) is 0 Å². The summed E-state index contributed by atoms with van der Waals surface area (Å²) in [4.78, 5) is 0. The minimum atomic E-state index is 0.530. The molecule has 0 aliphatic carbocycles. The van der Waals surface area contributed by atoms with Gasteiger partial charge in [-0.25, -0.2) is 0 Å². The molecule has 0 aromatic heterocycles. The fraction of sp³-hybridized carbons (Fsp3) is 0.200. The highest BCUT2D eigenvalue weighted by atomic mass is 35.5. The number of hydrogen-bond acceptors (Lipinski definition) is 1. The lowest BCUT2D eigenvalue weighted by molar-refractivity contribution is 1.11. The molecule has 1 nitrogen and oxygen atoms in total. The van der Waals surface area contributed by atoms with Crippen molar-refractivity contribution < 1.29 is 0 Å². The smallest absolute Gasteiger partial charge is 0.0722 e. The Morgan fingerprint density at radius 2 is 1.58 bits per heavy atom. The van der Waals surface area contributed by atoms with E-state index in [0.29, 0.717) is 27.3 Å². The largest absolute Gasteiger partial charge is 0.379 e. The van der Waals surface area contributed by atoms with Gasteiger partial charge in [-0.05, 0) is 37.1 Å². The van der Waals surface area contributed by atoms with Crippen molar-refractivity contribution in [1.29, 1.82) is 0 Å². The zero-order valence-corrected chi connectivity index (χ0v) is 13.0. The van der Waals surface area contributed by atoms with Crippen LogP contribution in [0.25, 0.3) is 0 Å². The molecule has 0 spiro atoms. The van der Waals surface area contributed by atoms with E-state index in [0.717, 1.165) is 0 Å². The molecule has 19 heavy (non-hydrogen) atoms. The second-order valence-corrected chi connectivity index (χ2v) is 5.78. The van der Waals surface area contributed by atoms with Crippen molar-refractivity contribution in [3.05, 3.63) is 62.1 Å². The second-order valence-electron chi connectivity index (χ2n) is 4.53. The average Bonchev–Trinajstić information content (AvgIpc) is 2.30. The van der Waals surface area contributed by atoms with Crippen LogP contribution in [0.4, 0.5) is 5.69 Å². The van der Waals surface area contributed by atoms with E-state index in [1.165, 1.54) is 16.7 Å². The Hall–Kier alpha value is -0.890. The van der Waals surface area contributed by atoms with E-state index in [9.17, 15) is 0 Å². The van der Waals surface area contributed by atoms with Crippen LogP contribution < -0.4 is 5.32 Å². The summed E-state index contributed by atoms with van der Waals surface area (Å²) in [5.74, 6) is 0. The molecule has 2 rings (SSSR count). The summed E-state index contributed by atoms with van der Waals surface area (Å²) in [5.41, 5.74) is 4.43. The molecular weight excluding hydrogens is 301 g/mol. The van der Waals surface area contributed by atoms with E-state index in [2.05, 4.69) is 37.4 Å². The van der Waals surface area contributed by atoms with Gasteiger partial charge < -0.3 is 5.32 Å². The first kappa shape index (κ1) is 14.5. The number of hydrogen-bond donors (Lipinski definition) is 1. The lowest BCUT2D eigenvalue weighted by atomic mass is 10.1. The molecule has 2 aromatic rings. The van der Waals surface area contributed by atoms with E-state index in [1.54, 1.807) is 12.1 Å². The van der Waals surface area contributed by atoms with Crippen LogP contribution in [0.3, 0.4) is 0 Å². The third kappa shape index (κ3) is 3.56. The molecule has 0 amide bonds. The lowest BCUT2D eigenvalue weighted by Crippen LogP contribution is -2.02. The van der Waals surface area contributed by atoms with Gasteiger partial charge in [0.05, 0.1) is 15.7 Å². The molecule has 2 aromatic carbocycles. The summed E-state index contributed by atoms with van der Waals surface area (Å²) < 4.78 is 0. The minimum absolute atomic E-state index is 0.530. The summed E-state index contributed by atoms with van der Waals surface area (Å²) in [6.07, 6.45) is 0. The molecule has 0 fully saturated rings. The highest BCUT2D eigenvalue weighted by molar-refractivity contribution is 6.41. The highest BCUT2D eigenvalue weighted by Gasteiger charge is 2.08. The van der Waals surface area contributed by atoms with Gasteiger partial charge in [-0.1, -0.05) is 58.6 Å². The zero-order valence-electron chi connectivity index (χ0n) is 10.7. The maximum Gasteiger partial charge on any atom is 0.0722 e. The highest BCUT2D eigenvalue weighted by Crippen LogP contribution is 2.34. The van der Waals surface area contributed by atoms with E-state index >= 15 is 0 Å². The third-order valence-electron chi connectivity index (χ3n) is 2.96. The van der Waals surface area contributed by atoms with E-state index in [-0.39, 0.29) is 0 Å². The van der Waals surface area contributed by atoms with Crippen LogP contribution in [-0.2, 0) is 6.54 Å². The summed E-state index contributed by atoms with van der Waals surface area (Å²) in [7, 11) is 0. The lowest BCUT2D eigenvalue weighted by Gasteiger charge is -2.13. The molecule has 4 heteroatoms. The number of nitrogens with one attached hydrogen (secondary N) is 1. The predicted octanol–water partition coefficient (Wildman–Crippen LogP) is 5.88. The number of rotatable bonds is 3. The van der Waals surface area contributed by atoms with Crippen molar-refractivity contribution in [3.8, 4) is 0 Å². The van der Waals surface area contributed by atoms with E-state index in [4.69, 9.17) is 34.8 Å². The van der Waals surface area contributed by atoms with Crippen molar-refractivity contribution in [2.24, 2.45) is 0 Å². The normalized spacial score (nSPS) is 10.6. The van der Waals surface area contributed by atoms with Crippen molar-refractivity contribution >= 4 is 40.5 Å². The average molecular weight is 315 g/mol. The molecular formula is C15H14Cl3N. The van der Waals surface area contributed by atoms with Crippen molar-refractivity contribution in [1.82, 2.24) is 0 Å². The van der Waals surface area contributed by atoms with Crippen LogP contribution >= 0.6 is 34.8 Å². The van der Waals surface area contributed by atoms with Crippen LogP contribution in [-0.4, -0.2) is 0 Å². The molecule has 0 saturated heterocycles. The van der Waals surface area contributed by atoms with Gasteiger partial charge in [0.25, 0.3) is 0 Å². The topological polar surface area (TPSA) is 12.0 Å². The maximum atomic E-state index is 6.13. The summed E-state index contributed by atoms with van der Waals surface area (Å²) in [5, 5.41) is 4.86. The van der Waals surface area contributed by atoms with Crippen LogP contribution in [0.15, 0.2) is 30.3 Å². The zero-order chi connectivity index (χ0) is 14.0. The molecule has 0 aliphatic rings. The molecule has 0 radical (unpaired) electrons. The van der Waals surface area contributed by atoms with Crippen LogP contribution in [0.1, 0.15) is 16.7 Å². The first-order valence-electron chi connectivity index (χ1n) is 5.92. The molecule has 0 aliphatic heterocycles. The van der Waals surface area contributed by atoms with Gasteiger partial charge in [0.2, 0.25) is 0 Å². The fourth-order valence-electron chi connectivity index (χ4n) is 1.94. The number of halogens is 3. The first-order valence-corrected chi connectivity index (χ1v) is 7.05. The van der Waals surface area contributed by atoms with Crippen LogP contribution in [0.2, 0.25) is 15.1 Å². The van der Waals surface area contributed by atoms with Crippen LogP contribution in [0, 0.1) is 13.8 Å². The summed E-state index contributed by atoms with van der Waals surface area (Å²) >= 11 is 18.2. The van der Waals surface area contributed by atoms with Gasteiger partial charge in [-0.2, -0.15) is 0 Å². The Labute approximate surface area is 128 Å². The SMILES string of the molecule is Cc1ccc(CNc2c(Cl)cc(Cl)cc2Cl)c(C)c1. The standard InChI is InChI=1S/C15H14Cl3N/c1-9-3-4-11(10(2)5-9)8-19-15-13(17)6-12(16)7-14(15)18/h3-7,19H,8H2,1-2H3. The van der Waals surface area contributed by atoms with Crippen LogP contribution in [0.5, 0.6) is 0 Å². The van der Waals surface area contributed by atoms with E-state index in [1.807, 2.05) is 0 Å². The first-order chi connectivity index (χ1) is 8.97. The molecule has 100 valence electrons. The monoisotopic (exact) mass is 313 g/mol. The summed E-state index contributed by atoms with van der Waals surface area (Å²) in [6.45, 7) is 4.85. The fourth-order valence-corrected chi connectivity index (χ4v) is 2.89. The molecule has 0 saturated carbocycles. The Bertz CT molecular complexity index is 585. The van der Waals surface area contributed by atoms with Gasteiger partial charge >= 0.3 is 0 Å². The minimum Gasteiger partial charge on any atom is -0.379 e. The number of anilines is 1. The Kier molecular flexibility index (Phi) is 4.62. The van der Waals surface area contributed by atoms with Crippen molar-refractivity contribution in [2.45, 2.75) is 20.4 Å². The molecule has 0 bridgehead atoms. The maximum absolute atomic E-state index is 6.13. The van der Waals surface area contributed by atoms with Gasteiger partial charge in [0.1, 0.15) is 0 Å². The van der Waals surface area contributed by atoms with Crippen molar-refractivity contribution in [2.75, 3.05) is 5.32 Å². The van der Waals surface area contributed by atoms with E-state index < -0.39 is 0 Å². The van der Waals surface area contributed by atoms with Gasteiger partial charge in [-0.15, -0.1) is 0 Å². The Morgan fingerprint density at radius 3 is 2.16 bits per heavy atom. The quantitative estimate of drug-likeness (QED) is 0.746. The molecule has 1 N–H and O–H groups in total. The number of benzene rings is 2. The Balaban J connectivity index is 2.19. The number of aryl methyl sites for hydroxylation is 2. The second kappa shape index (κ2) is 6.04. The summed E-state index contributed by atoms with van der Waals surface area (Å²) in [6, 6.07) is 9.71. The van der Waals surface area contributed by atoms with Crippen molar-refractivity contribution in [3.63, 3.8) is 0 Å². The molecule has 0 unspecified atom stereocenters. The predicted molar refractivity (Wildman–Crippen MR) is 84.7 cm³/mol. The Morgan fingerprint density at radius 1 is 0.947 bits per heavy atom. The van der Waals surface area contributed by atoms with Gasteiger partial charge in [0, 0.05) is 11.6 Å². The third-order valence-corrected chi connectivity index (χ3v) is 3.77.